The molecule has 0 fully saturated rings. The molecule has 2 rings (SSSR count). The normalized spacial score (nSPS) is 12.8. The van der Waals surface area contributed by atoms with Crippen LogP contribution in [0.3, 0.4) is 0 Å². The van der Waals surface area contributed by atoms with Gasteiger partial charge in [0.05, 0.1) is 12.1 Å². The molecule has 0 radical (unpaired) electrons. The van der Waals surface area contributed by atoms with Crippen molar-refractivity contribution in [3.63, 3.8) is 0 Å². The molecule has 0 aliphatic heterocycles. The van der Waals surface area contributed by atoms with Gasteiger partial charge in [-0.05, 0) is 55.3 Å². The van der Waals surface area contributed by atoms with E-state index in [4.69, 9.17) is 32.7 Å². The number of methoxy groups -OCH3 is 1. The van der Waals surface area contributed by atoms with Gasteiger partial charge in [-0.15, -0.1) is 4.36 Å². The van der Waals surface area contributed by atoms with Crippen LogP contribution in [-0.2, 0) is 25.6 Å². The minimum Gasteiger partial charge on any atom is -0.467 e. The summed E-state index contributed by atoms with van der Waals surface area (Å²) in [6.07, 6.45) is 0. The van der Waals surface area contributed by atoms with Gasteiger partial charge in [0.25, 0.3) is 0 Å². The van der Waals surface area contributed by atoms with Crippen molar-refractivity contribution in [3.05, 3.63) is 57.6 Å². The highest BCUT2D eigenvalue weighted by Crippen LogP contribution is 2.35. The molecule has 0 aliphatic carbocycles. The molecule has 0 N–H and O–H groups in total. The molecule has 0 saturated carbocycles. The van der Waals surface area contributed by atoms with Gasteiger partial charge in [-0.25, -0.2) is 4.79 Å². The van der Waals surface area contributed by atoms with Gasteiger partial charge < -0.3 is 9.47 Å². The Labute approximate surface area is 162 Å². The summed E-state index contributed by atoms with van der Waals surface area (Å²) >= 11 is 12.0. The summed E-state index contributed by atoms with van der Waals surface area (Å²) in [5, 5.41) is 0.826. The summed E-state index contributed by atoms with van der Waals surface area (Å²) in [6.45, 7) is 3.11. The third kappa shape index (κ3) is 4.35. The summed E-state index contributed by atoms with van der Waals surface area (Å²) in [5.41, 5.74) is -0.695. The van der Waals surface area contributed by atoms with E-state index >= 15 is 0 Å². The standard InChI is InChI=1S/C17H15Cl2NO5S/c1-10-8-11(17(2,16(21)24-3)20-26(22)23)4-6-14(10)25-15-7-5-12(18)9-13(15)19/h4-9H,1-3H3. The Bertz CT molecular complexity index is 983. The molecule has 1 unspecified atom stereocenters. The van der Waals surface area contributed by atoms with Gasteiger partial charge in [0.1, 0.15) is 11.5 Å². The maximum absolute atomic E-state index is 12.1. The van der Waals surface area contributed by atoms with Crippen molar-refractivity contribution >= 4 is 39.7 Å². The maximum Gasteiger partial charge on any atom is 0.339 e. The molecule has 9 heteroatoms. The second-order valence-electron chi connectivity index (χ2n) is 5.53. The first-order valence-corrected chi connectivity index (χ1v) is 9.11. The number of nitrogens with zero attached hydrogens (tertiary/aromatic N) is 1. The molecule has 138 valence electrons. The first-order valence-electron chi connectivity index (χ1n) is 7.32. The van der Waals surface area contributed by atoms with Crippen molar-refractivity contribution in [2.45, 2.75) is 19.4 Å². The van der Waals surface area contributed by atoms with E-state index in [2.05, 4.69) is 4.36 Å². The average Bonchev–Trinajstić information content (AvgIpc) is 2.57. The molecular formula is C17H15Cl2NO5S. The molecule has 0 aliphatic rings. The van der Waals surface area contributed by atoms with Crippen LogP contribution in [0.25, 0.3) is 0 Å². The van der Waals surface area contributed by atoms with Crippen LogP contribution in [0.2, 0.25) is 10.0 Å². The molecule has 2 aromatic rings. The van der Waals surface area contributed by atoms with Crippen LogP contribution >= 0.6 is 23.2 Å². The van der Waals surface area contributed by atoms with E-state index in [9.17, 15) is 13.2 Å². The van der Waals surface area contributed by atoms with Crippen LogP contribution in [0, 0.1) is 6.92 Å². The Hall–Kier alpha value is -2.09. The quantitative estimate of drug-likeness (QED) is 0.669. The molecule has 6 nitrogen and oxygen atoms in total. The molecular weight excluding hydrogens is 401 g/mol. The maximum atomic E-state index is 12.1. The number of ether oxygens (including phenoxy) is 2. The largest absolute Gasteiger partial charge is 0.467 e. The van der Waals surface area contributed by atoms with Crippen LogP contribution < -0.4 is 4.74 Å². The SMILES string of the molecule is COC(=O)C(C)(N=S(=O)=O)c1ccc(Oc2ccc(Cl)cc2Cl)c(C)c1. The second kappa shape index (κ2) is 8.07. The van der Waals surface area contributed by atoms with E-state index in [0.717, 1.165) is 7.11 Å². The monoisotopic (exact) mass is 415 g/mol. The molecule has 0 amide bonds. The summed E-state index contributed by atoms with van der Waals surface area (Å²) in [5.74, 6) is 0.0944. The van der Waals surface area contributed by atoms with E-state index in [0.29, 0.717) is 32.7 Å². The van der Waals surface area contributed by atoms with Crippen molar-refractivity contribution < 1.29 is 22.7 Å². The number of hydrogen-bond acceptors (Lipinski definition) is 6. The minimum absolute atomic E-state index is 0.345. The minimum atomic E-state index is -2.79. The third-order valence-corrected chi connectivity index (χ3v) is 4.74. The number of halogens is 2. The van der Waals surface area contributed by atoms with Crippen LogP contribution in [-0.4, -0.2) is 21.5 Å². The van der Waals surface area contributed by atoms with Crippen LogP contribution in [0.5, 0.6) is 11.5 Å². The lowest BCUT2D eigenvalue weighted by molar-refractivity contribution is -0.146. The zero-order valence-electron chi connectivity index (χ0n) is 14.1. The van der Waals surface area contributed by atoms with Gasteiger partial charge in [-0.1, -0.05) is 29.3 Å². The topological polar surface area (TPSA) is 82.0 Å². The lowest BCUT2D eigenvalue weighted by Crippen LogP contribution is -2.31. The highest BCUT2D eigenvalue weighted by molar-refractivity contribution is 7.61. The summed E-state index contributed by atoms with van der Waals surface area (Å²) in [7, 11) is -1.63. The lowest BCUT2D eigenvalue weighted by atomic mass is 9.92. The smallest absolute Gasteiger partial charge is 0.339 e. The summed E-state index contributed by atoms with van der Waals surface area (Å²) in [6, 6.07) is 9.57. The first kappa shape index (κ1) is 20.2. The number of rotatable bonds is 5. The van der Waals surface area contributed by atoms with Gasteiger partial charge in [0.15, 0.2) is 5.54 Å². The number of carbonyl (C=O) groups is 1. The van der Waals surface area contributed by atoms with Crippen LogP contribution in [0.1, 0.15) is 18.1 Å². The highest BCUT2D eigenvalue weighted by Gasteiger charge is 2.37. The summed E-state index contributed by atoms with van der Waals surface area (Å²) in [4.78, 5) is 12.1. The van der Waals surface area contributed by atoms with Crippen molar-refractivity contribution in [3.8, 4) is 11.5 Å². The van der Waals surface area contributed by atoms with E-state index < -0.39 is 22.0 Å². The van der Waals surface area contributed by atoms with Gasteiger partial charge in [0.2, 0.25) is 0 Å². The lowest BCUT2D eigenvalue weighted by Gasteiger charge is -2.21. The zero-order chi connectivity index (χ0) is 19.5. The Morgan fingerprint density at radius 2 is 1.77 bits per heavy atom. The predicted molar refractivity (Wildman–Crippen MR) is 98.4 cm³/mol. The van der Waals surface area contributed by atoms with E-state index in [-0.39, 0.29) is 0 Å². The molecule has 0 saturated heterocycles. The van der Waals surface area contributed by atoms with E-state index in [1.54, 1.807) is 43.3 Å². The molecule has 0 aromatic heterocycles. The number of hydrogen-bond donors (Lipinski definition) is 0. The fraction of sp³-hybridized carbons (Fsp3) is 0.235. The van der Waals surface area contributed by atoms with Crippen molar-refractivity contribution in [2.24, 2.45) is 4.36 Å². The Balaban J connectivity index is 2.45. The van der Waals surface area contributed by atoms with Gasteiger partial charge in [0, 0.05) is 5.02 Å². The average molecular weight is 416 g/mol. The highest BCUT2D eigenvalue weighted by atomic mass is 35.5. The Morgan fingerprint density at radius 3 is 2.31 bits per heavy atom. The first-order chi connectivity index (χ1) is 12.2. The second-order valence-corrected chi connectivity index (χ2v) is 6.99. The molecule has 0 heterocycles. The summed E-state index contributed by atoms with van der Waals surface area (Å²) < 4.78 is 36.0. The number of esters is 1. The zero-order valence-corrected chi connectivity index (χ0v) is 16.4. The Kier molecular flexibility index (Phi) is 6.28. The van der Waals surface area contributed by atoms with Gasteiger partial charge in [-0.3, -0.25) is 0 Å². The van der Waals surface area contributed by atoms with Crippen molar-refractivity contribution in [1.29, 1.82) is 0 Å². The molecule has 1 atom stereocenters. The fourth-order valence-electron chi connectivity index (χ4n) is 2.30. The van der Waals surface area contributed by atoms with E-state index in [1.165, 1.54) is 6.92 Å². The van der Waals surface area contributed by atoms with E-state index in [1.807, 2.05) is 0 Å². The molecule has 0 bridgehead atoms. The van der Waals surface area contributed by atoms with Crippen molar-refractivity contribution in [1.82, 2.24) is 0 Å². The van der Waals surface area contributed by atoms with Crippen LogP contribution in [0.4, 0.5) is 0 Å². The number of benzene rings is 2. The molecule has 0 spiro atoms. The van der Waals surface area contributed by atoms with Gasteiger partial charge in [-0.2, -0.15) is 8.42 Å². The van der Waals surface area contributed by atoms with Gasteiger partial charge >= 0.3 is 16.5 Å². The Morgan fingerprint density at radius 1 is 1.12 bits per heavy atom. The number of aryl methyl sites for hydroxylation is 1. The van der Waals surface area contributed by atoms with Crippen LogP contribution in [0.15, 0.2) is 40.8 Å². The third-order valence-electron chi connectivity index (χ3n) is 3.69. The fourth-order valence-corrected chi connectivity index (χ4v) is 3.22. The van der Waals surface area contributed by atoms with Crippen molar-refractivity contribution in [2.75, 3.05) is 7.11 Å². The number of carbonyl (C=O) groups excluding carboxylic acids is 1. The molecule has 26 heavy (non-hydrogen) atoms. The predicted octanol–water partition coefficient (Wildman–Crippen LogP) is 4.55. The molecule has 2 aromatic carbocycles.